The third kappa shape index (κ3) is 27.1. The first-order chi connectivity index (χ1) is 15.5. The maximum atomic E-state index is 11.3. The fourth-order valence-electron chi connectivity index (χ4n) is 3.92. The van der Waals surface area contributed by atoms with Crippen LogP contribution in [0.3, 0.4) is 0 Å². The van der Waals surface area contributed by atoms with Gasteiger partial charge >= 0.3 is 7.60 Å². The highest BCUT2D eigenvalue weighted by Crippen LogP contribution is 2.37. The van der Waals surface area contributed by atoms with Crippen molar-refractivity contribution in [2.24, 2.45) is 0 Å². The molecule has 0 aliphatic rings. The predicted octanol–water partition coefficient (Wildman–Crippen LogP) is 9.45. The van der Waals surface area contributed by atoms with Crippen LogP contribution in [0.4, 0.5) is 0 Å². The summed E-state index contributed by atoms with van der Waals surface area (Å²) in [6, 6.07) is 0. The summed E-state index contributed by atoms with van der Waals surface area (Å²) in [6.45, 7) is 4.53. The molecule has 0 aromatic rings. The summed E-state index contributed by atoms with van der Waals surface area (Å²) >= 11 is 3.95. The van der Waals surface area contributed by atoms with Crippen LogP contribution in [-0.2, 0) is 4.57 Å². The van der Waals surface area contributed by atoms with Crippen molar-refractivity contribution < 1.29 is 14.4 Å². The Morgan fingerprint density at radius 3 is 1.47 bits per heavy atom. The highest BCUT2D eigenvalue weighted by molar-refractivity contribution is 8.03. The molecule has 1 atom stereocenters. The van der Waals surface area contributed by atoms with Crippen molar-refractivity contribution in [2.75, 3.05) is 23.4 Å². The molecular weight excluding hydrogens is 455 g/mol. The van der Waals surface area contributed by atoms with Crippen molar-refractivity contribution in [1.82, 2.24) is 0 Å². The Kier molecular flexibility index (Phi) is 25.6. The van der Waals surface area contributed by atoms with Gasteiger partial charge in [-0.25, -0.2) is 0 Å². The Balaban J connectivity index is 3.74. The van der Waals surface area contributed by atoms with Gasteiger partial charge in [-0.3, -0.25) is 4.57 Å². The highest BCUT2D eigenvalue weighted by Gasteiger charge is 2.18. The van der Waals surface area contributed by atoms with Gasteiger partial charge in [-0.05, 0) is 30.8 Å². The zero-order valence-corrected chi connectivity index (χ0v) is 23.9. The Morgan fingerprint density at radius 2 is 1.03 bits per heavy atom. The molecule has 32 heavy (non-hydrogen) atoms. The van der Waals surface area contributed by atoms with Crippen LogP contribution in [0.1, 0.15) is 136 Å². The second-order valence-corrected chi connectivity index (χ2v) is 13.7. The molecule has 0 amide bonds. The van der Waals surface area contributed by atoms with Crippen molar-refractivity contribution in [1.29, 1.82) is 0 Å². The second kappa shape index (κ2) is 25.0. The molecule has 0 aromatic heterocycles. The zero-order chi connectivity index (χ0) is 23.8. The summed E-state index contributed by atoms with van der Waals surface area (Å²) < 4.78 is 11.3. The Bertz CT molecular complexity index is 418. The van der Waals surface area contributed by atoms with Crippen molar-refractivity contribution >= 4 is 31.1 Å². The minimum absolute atomic E-state index is 0.0426. The van der Waals surface area contributed by atoms with E-state index in [4.69, 9.17) is 0 Å². The van der Waals surface area contributed by atoms with Gasteiger partial charge in [0.05, 0.1) is 6.16 Å². The SMILES string of the molecule is CCCCCCCCCCCCSCC(CCP(=O)(O)O)SCCCCCCCCCC. The Hall–Kier alpha value is 0.850. The van der Waals surface area contributed by atoms with E-state index in [9.17, 15) is 14.4 Å². The third-order valence-corrected chi connectivity index (χ3v) is 9.71. The van der Waals surface area contributed by atoms with Crippen LogP contribution in [0.25, 0.3) is 0 Å². The van der Waals surface area contributed by atoms with Crippen LogP contribution in [0.2, 0.25) is 0 Å². The van der Waals surface area contributed by atoms with E-state index in [1.165, 1.54) is 121 Å². The quantitative estimate of drug-likeness (QED) is 0.0896. The molecule has 194 valence electrons. The van der Waals surface area contributed by atoms with Crippen molar-refractivity contribution in [3.05, 3.63) is 0 Å². The van der Waals surface area contributed by atoms with Gasteiger partial charge < -0.3 is 9.79 Å². The molecule has 0 aromatic carbocycles. The smallest absolute Gasteiger partial charge is 0.324 e. The van der Waals surface area contributed by atoms with Gasteiger partial charge in [0.15, 0.2) is 0 Å². The van der Waals surface area contributed by atoms with Gasteiger partial charge in [-0.2, -0.15) is 23.5 Å². The first-order valence-corrected chi connectivity index (χ1v) is 17.7. The molecule has 3 nitrogen and oxygen atoms in total. The molecule has 6 heteroatoms. The summed E-state index contributed by atoms with van der Waals surface area (Å²) in [5, 5.41) is 0.389. The first kappa shape index (κ1) is 32.8. The summed E-state index contributed by atoms with van der Waals surface area (Å²) in [7, 11) is -3.88. The molecule has 0 aliphatic heterocycles. The second-order valence-electron chi connectivity index (χ2n) is 9.40. The summed E-state index contributed by atoms with van der Waals surface area (Å²) in [5.41, 5.74) is 0. The number of thioether (sulfide) groups is 2. The van der Waals surface area contributed by atoms with Gasteiger partial charge in [0, 0.05) is 11.0 Å². The number of unbranched alkanes of at least 4 members (excludes halogenated alkanes) is 16. The maximum absolute atomic E-state index is 11.3. The molecule has 0 saturated carbocycles. The van der Waals surface area contributed by atoms with E-state index in [0.717, 1.165) is 11.5 Å². The normalized spacial score (nSPS) is 13.0. The lowest BCUT2D eigenvalue weighted by molar-refractivity contribution is 0.371. The van der Waals surface area contributed by atoms with E-state index in [0.29, 0.717) is 11.7 Å². The van der Waals surface area contributed by atoms with Crippen LogP contribution >= 0.6 is 31.1 Å². The molecule has 0 heterocycles. The van der Waals surface area contributed by atoms with E-state index in [1.807, 2.05) is 23.5 Å². The van der Waals surface area contributed by atoms with Crippen molar-refractivity contribution in [2.45, 2.75) is 141 Å². The molecule has 0 spiro atoms. The first-order valence-electron chi connectivity index (χ1n) is 13.7. The molecule has 0 saturated heterocycles. The van der Waals surface area contributed by atoms with Crippen LogP contribution in [0, 0.1) is 0 Å². The van der Waals surface area contributed by atoms with Crippen molar-refractivity contribution in [3.63, 3.8) is 0 Å². The lowest BCUT2D eigenvalue weighted by atomic mass is 10.1. The minimum Gasteiger partial charge on any atom is -0.324 e. The fraction of sp³-hybridized carbons (Fsp3) is 1.00. The molecule has 0 rings (SSSR count). The maximum Gasteiger partial charge on any atom is 0.325 e. The Morgan fingerprint density at radius 1 is 0.625 bits per heavy atom. The third-order valence-electron chi connectivity index (χ3n) is 6.04. The molecule has 0 fully saturated rings. The molecule has 1 unspecified atom stereocenters. The topological polar surface area (TPSA) is 57.5 Å². The van der Waals surface area contributed by atoms with E-state index in [-0.39, 0.29) is 6.16 Å². The lowest BCUT2D eigenvalue weighted by Crippen LogP contribution is -2.10. The van der Waals surface area contributed by atoms with Gasteiger partial charge in [0.1, 0.15) is 0 Å². The van der Waals surface area contributed by atoms with E-state index >= 15 is 0 Å². The van der Waals surface area contributed by atoms with Gasteiger partial charge in [0.25, 0.3) is 0 Å². The van der Waals surface area contributed by atoms with Gasteiger partial charge in [-0.1, -0.05) is 117 Å². The zero-order valence-electron chi connectivity index (χ0n) is 21.4. The lowest BCUT2D eigenvalue weighted by Gasteiger charge is -2.17. The molecule has 0 radical (unpaired) electrons. The standard InChI is InChI=1S/C26H55O3PS2/c1-3-5-7-9-11-13-14-15-17-19-23-31-25-26(21-22-30(27,28)29)32-24-20-18-16-12-10-8-6-4-2/h26H,3-25H2,1-2H3,(H2,27,28,29). The monoisotopic (exact) mass is 510 g/mol. The average molecular weight is 511 g/mol. The molecular formula is C26H55O3PS2. The van der Waals surface area contributed by atoms with E-state index in [2.05, 4.69) is 13.8 Å². The van der Waals surface area contributed by atoms with Crippen LogP contribution in [-0.4, -0.2) is 38.5 Å². The van der Waals surface area contributed by atoms with Crippen LogP contribution in [0.5, 0.6) is 0 Å². The van der Waals surface area contributed by atoms with Crippen LogP contribution < -0.4 is 0 Å². The Labute approximate surface area is 209 Å². The van der Waals surface area contributed by atoms with Gasteiger partial charge in [0.2, 0.25) is 0 Å². The van der Waals surface area contributed by atoms with E-state index < -0.39 is 7.60 Å². The molecule has 2 N–H and O–H groups in total. The molecule has 0 aliphatic carbocycles. The summed E-state index contributed by atoms with van der Waals surface area (Å²) in [5.74, 6) is 3.37. The largest absolute Gasteiger partial charge is 0.325 e. The fourth-order valence-corrected chi connectivity index (χ4v) is 7.41. The van der Waals surface area contributed by atoms with E-state index in [1.54, 1.807) is 0 Å². The number of hydrogen-bond donors (Lipinski definition) is 2. The van der Waals surface area contributed by atoms with Crippen LogP contribution in [0.15, 0.2) is 0 Å². The van der Waals surface area contributed by atoms with Crippen molar-refractivity contribution in [3.8, 4) is 0 Å². The average Bonchev–Trinajstić information content (AvgIpc) is 2.75. The minimum atomic E-state index is -3.88. The number of rotatable bonds is 26. The highest BCUT2D eigenvalue weighted by atomic mass is 32.2. The summed E-state index contributed by atoms with van der Waals surface area (Å²) in [4.78, 5) is 18.5. The number of hydrogen-bond acceptors (Lipinski definition) is 3. The van der Waals surface area contributed by atoms with Gasteiger partial charge in [-0.15, -0.1) is 0 Å². The molecule has 0 bridgehead atoms. The summed E-state index contributed by atoms with van der Waals surface area (Å²) in [6.07, 6.45) is 25.1. The predicted molar refractivity (Wildman–Crippen MR) is 150 cm³/mol.